The Kier molecular flexibility index (Phi) is 6.12. The molecule has 0 saturated carbocycles. The van der Waals surface area contributed by atoms with Crippen molar-refractivity contribution in [2.24, 2.45) is 5.92 Å². The van der Waals surface area contributed by atoms with Gasteiger partial charge < -0.3 is 4.90 Å². The number of hydrogen-bond donors (Lipinski definition) is 0. The van der Waals surface area contributed by atoms with E-state index in [4.69, 9.17) is 23.2 Å². The number of benzene rings is 2. The average Bonchev–Trinajstić information content (AvgIpc) is 2.69. The van der Waals surface area contributed by atoms with E-state index in [9.17, 15) is 9.59 Å². The van der Waals surface area contributed by atoms with Crippen LogP contribution in [0.25, 0.3) is 6.08 Å². The summed E-state index contributed by atoms with van der Waals surface area (Å²) in [6.07, 6.45) is 4.66. The first kappa shape index (κ1) is 18.7. The summed E-state index contributed by atoms with van der Waals surface area (Å²) in [5.74, 6) is 0.103. The highest BCUT2D eigenvalue weighted by atomic mass is 35.5. The van der Waals surface area contributed by atoms with Gasteiger partial charge in [0, 0.05) is 30.6 Å². The van der Waals surface area contributed by atoms with Crippen LogP contribution in [0.3, 0.4) is 0 Å². The van der Waals surface area contributed by atoms with Gasteiger partial charge in [-0.25, -0.2) is 0 Å². The zero-order valence-corrected chi connectivity index (χ0v) is 15.7. The largest absolute Gasteiger partial charge is 0.339 e. The van der Waals surface area contributed by atoms with Gasteiger partial charge in [-0.05, 0) is 36.6 Å². The zero-order valence-electron chi connectivity index (χ0n) is 14.2. The van der Waals surface area contributed by atoms with E-state index < -0.39 is 0 Å². The average molecular weight is 388 g/mol. The van der Waals surface area contributed by atoms with Crippen molar-refractivity contribution in [1.29, 1.82) is 0 Å². The minimum atomic E-state index is -0.0540. The first-order valence-electron chi connectivity index (χ1n) is 8.56. The SMILES string of the molecule is O=C(c1ccccc1)C1CCN(C(=O)C=Cc2ccc(Cl)c(Cl)c2)CC1. The van der Waals surface area contributed by atoms with Gasteiger partial charge in [-0.1, -0.05) is 59.6 Å². The third-order valence-corrected chi connectivity index (χ3v) is 5.34. The third kappa shape index (κ3) is 4.54. The van der Waals surface area contributed by atoms with Gasteiger partial charge in [0.15, 0.2) is 5.78 Å². The number of carbonyl (C=O) groups is 2. The highest BCUT2D eigenvalue weighted by Gasteiger charge is 2.27. The first-order chi connectivity index (χ1) is 12.5. The van der Waals surface area contributed by atoms with Crippen molar-refractivity contribution in [3.05, 3.63) is 75.8 Å². The fourth-order valence-electron chi connectivity index (χ4n) is 3.09. The number of carbonyl (C=O) groups excluding carboxylic acids is 2. The smallest absolute Gasteiger partial charge is 0.246 e. The summed E-state index contributed by atoms with van der Waals surface area (Å²) >= 11 is 11.9. The van der Waals surface area contributed by atoms with Gasteiger partial charge in [-0.15, -0.1) is 0 Å². The van der Waals surface area contributed by atoms with Crippen LogP contribution in [0.4, 0.5) is 0 Å². The van der Waals surface area contributed by atoms with Crippen LogP contribution in [0.5, 0.6) is 0 Å². The first-order valence-corrected chi connectivity index (χ1v) is 9.31. The number of likely N-dealkylation sites (tertiary alicyclic amines) is 1. The number of Topliss-reactive ketones (excluding diaryl/α,β-unsaturated/α-hetero) is 1. The van der Waals surface area contributed by atoms with Gasteiger partial charge in [-0.2, -0.15) is 0 Å². The highest BCUT2D eigenvalue weighted by Crippen LogP contribution is 2.24. The topological polar surface area (TPSA) is 37.4 Å². The quantitative estimate of drug-likeness (QED) is 0.538. The van der Waals surface area contributed by atoms with E-state index in [0.717, 1.165) is 11.1 Å². The lowest BCUT2D eigenvalue weighted by Crippen LogP contribution is -2.39. The predicted molar refractivity (Wildman–Crippen MR) is 106 cm³/mol. The van der Waals surface area contributed by atoms with Gasteiger partial charge in [0.2, 0.25) is 5.91 Å². The lowest BCUT2D eigenvalue weighted by atomic mass is 9.89. The molecule has 3 rings (SSSR count). The zero-order chi connectivity index (χ0) is 18.5. The maximum Gasteiger partial charge on any atom is 0.246 e. The second kappa shape index (κ2) is 8.52. The van der Waals surface area contributed by atoms with Gasteiger partial charge in [0.05, 0.1) is 10.0 Å². The Morgan fingerprint density at radius 3 is 2.31 bits per heavy atom. The molecule has 5 heteroatoms. The third-order valence-electron chi connectivity index (χ3n) is 4.60. The van der Waals surface area contributed by atoms with E-state index in [0.29, 0.717) is 36.0 Å². The molecular formula is C21H19Cl2NO2. The number of hydrogen-bond acceptors (Lipinski definition) is 2. The van der Waals surface area contributed by atoms with Crippen LogP contribution in [0, 0.1) is 5.92 Å². The van der Waals surface area contributed by atoms with E-state index in [1.807, 2.05) is 36.4 Å². The van der Waals surface area contributed by atoms with Crippen molar-refractivity contribution >= 4 is 41.0 Å². The fraction of sp³-hybridized carbons (Fsp3) is 0.238. The molecule has 0 N–H and O–H groups in total. The molecule has 3 nitrogen and oxygen atoms in total. The molecule has 0 aromatic heterocycles. The van der Waals surface area contributed by atoms with E-state index in [1.54, 1.807) is 29.2 Å². The van der Waals surface area contributed by atoms with Crippen molar-refractivity contribution in [3.63, 3.8) is 0 Å². The van der Waals surface area contributed by atoms with Crippen molar-refractivity contribution < 1.29 is 9.59 Å². The molecule has 0 spiro atoms. The Morgan fingerprint density at radius 2 is 1.65 bits per heavy atom. The molecule has 2 aromatic rings. The molecule has 1 fully saturated rings. The van der Waals surface area contributed by atoms with Crippen LogP contribution >= 0.6 is 23.2 Å². The van der Waals surface area contributed by atoms with E-state index in [2.05, 4.69) is 0 Å². The number of ketones is 1. The summed E-state index contributed by atoms with van der Waals surface area (Å²) in [5.41, 5.74) is 1.57. The van der Waals surface area contributed by atoms with Crippen molar-refractivity contribution in [2.45, 2.75) is 12.8 Å². The number of rotatable bonds is 4. The lowest BCUT2D eigenvalue weighted by molar-refractivity contribution is -0.127. The van der Waals surface area contributed by atoms with Crippen LogP contribution in [0.2, 0.25) is 10.0 Å². The summed E-state index contributed by atoms with van der Waals surface area (Å²) in [5, 5.41) is 0.946. The maximum absolute atomic E-state index is 12.5. The van der Waals surface area contributed by atoms with Crippen LogP contribution in [-0.2, 0) is 4.79 Å². The van der Waals surface area contributed by atoms with Crippen LogP contribution in [0.15, 0.2) is 54.6 Å². The minimum Gasteiger partial charge on any atom is -0.339 e. The van der Waals surface area contributed by atoms with Crippen molar-refractivity contribution in [3.8, 4) is 0 Å². The monoisotopic (exact) mass is 387 g/mol. The fourth-order valence-corrected chi connectivity index (χ4v) is 3.40. The molecule has 0 radical (unpaired) electrons. The summed E-state index contributed by atoms with van der Waals surface area (Å²) in [6.45, 7) is 1.18. The molecule has 1 aliphatic heterocycles. The molecule has 2 aromatic carbocycles. The van der Waals surface area contributed by atoms with E-state index in [-0.39, 0.29) is 17.6 Å². The van der Waals surface area contributed by atoms with Gasteiger partial charge in [-0.3, -0.25) is 9.59 Å². The van der Waals surface area contributed by atoms with Crippen LogP contribution in [-0.4, -0.2) is 29.7 Å². The molecule has 0 unspecified atom stereocenters. The molecule has 1 amide bonds. The Hall–Kier alpha value is -2.10. The minimum absolute atomic E-state index is 0.0134. The lowest BCUT2D eigenvalue weighted by Gasteiger charge is -2.30. The van der Waals surface area contributed by atoms with Crippen LogP contribution < -0.4 is 0 Å². The molecule has 0 bridgehead atoms. The molecule has 1 saturated heterocycles. The maximum atomic E-state index is 12.5. The van der Waals surface area contributed by atoms with Gasteiger partial charge in [0.25, 0.3) is 0 Å². The number of piperidine rings is 1. The Balaban J connectivity index is 1.55. The summed E-state index contributed by atoms with van der Waals surface area (Å²) in [7, 11) is 0. The molecule has 1 aliphatic rings. The normalized spacial score (nSPS) is 15.4. The second-order valence-electron chi connectivity index (χ2n) is 6.34. The Morgan fingerprint density at radius 1 is 0.962 bits per heavy atom. The molecule has 26 heavy (non-hydrogen) atoms. The number of nitrogens with zero attached hydrogens (tertiary/aromatic N) is 1. The number of halogens is 2. The number of amides is 1. The molecule has 0 aliphatic carbocycles. The van der Waals surface area contributed by atoms with Crippen molar-refractivity contribution in [2.75, 3.05) is 13.1 Å². The summed E-state index contributed by atoms with van der Waals surface area (Å²) < 4.78 is 0. The standard InChI is InChI=1S/C21H19Cl2NO2/c22-18-8-6-15(14-19(18)23)7-9-20(25)24-12-10-17(11-13-24)21(26)16-4-2-1-3-5-16/h1-9,14,17H,10-13H2. The van der Waals surface area contributed by atoms with E-state index >= 15 is 0 Å². The Bertz CT molecular complexity index is 825. The van der Waals surface area contributed by atoms with Gasteiger partial charge in [0.1, 0.15) is 0 Å². The second-order valence-corrected chi connectivity index (χ2v) is 7.15. The van der Waals surface area contributed by atoms with Crippen LogP contribution in [0.1, 0.15) is 28.8 Å². The molecule has 0 atom stereocenters. The van der Waals surface area contributed by atoms with Gasteiger partial charge >= 0.3 is 0 Å². The summed E-state index contributed by atoms with van der Waals surface area (Å²) in [6, 6.07) is 14.6. The Labute approximate surface area is 163 Å². The highest BCUT2D eigenvalue weighted by molar-refractivity contribution is 6.42. The summed E-state index contributed by atoms with van der Waals surface area (Å²) in [4.78, 5) is 26.7. The van der Waals surface area contributed by atoms with E-state index in [1.165, 1.54) is 0 Å². The van der Waals surface area contributed by atoms with Crippen molar-refractivity contribution in [1.82, 2.24) is 4.90 Å². The molecule has 1 heterocycles. The molecular weight excluding hydrogens is 369 g/mol. The molecule has 134 valence electrons. The predicted octanol–water partition coefficient (Wildman–Crippen LogP) is 5.13.